The van der Waals surface area contributed by atoms with Gasteiger partial charge in [-0.05, 0) is 43.9 Å². The quantitative estimate of drug-likeness (QED) is 0.388. The molecule has 2 aliphatic heterocycles. The molecule has 1 aromatic carbocycles. The van der Waals surface area contributed by atoms with Crippen LogP contribution in [0.5, 0.6) is 0 Å². The Hall–Kier alpha value is -1.00. The second kappa shape index (κ2) is 11.1. The molecule has 0 bridgehead atoms. The van der Waals surface area contributed by atoms with Crippen molar-refractivity contribution in [2.24, 2.45) is 4.99 Å². The molecule has 152 valence electrons. The summed E-state index contributed by atoms with van der Waals surface area (Å²) < 4.78 is 38.2. The fourth-order valence-electron chi connectivity index (χ4n) is 3.46. The summed E-state index contributed by atoms with van der Waals surface area (Å²) in [4.78, 5) is 6.83. The van der Waals surface area contributed by atoms with E-state index < -0.39 is 11.6 Å². The number of ether oxygens (including phenoxy) is 2. The number of nitrogens with one attached hydrogen (secondary N) is 1. The van der Waals surface area contributed by atoms with Crippen LogP contribution in [0.1, 0.15) is 25.3 Å². The predicted molar refractivity (Wildman–Crippen MR) is 112 cm³/mol. The van der Waals surface area contributed by atoms with Crippen LogP contribution in [0.4, 0.5) is 8.78 Å². The number of hydrogen-bond donors (Lipinski definition) is 1. The van der Waals surface area contributed by atoms with E-state index in [2.05, 4.69) is 15.2 Å². The van der Waals surface area contributed by atoms with Crippen LogP contribution in [-0.4, -0.2) is 62.5 Å². The lowest BCUT2D eigenvalue weighted by Gasteiger charge is -2.37. The summed E-state index contributed by atoms with van der Waals surface area (Å²) in [5.41, 5.74) is 0.612. The van der Waals surface area contributed by atoms with Crippen LogP contribution < -0.4 is 5.32 Å². The predicted octanol–water partition coefficient (Wildman–Crippen LogP) is 2.97. The third kappa shape index (κ3) is 6.53. The summed E-state index contributed by atoms with van der Waals surface area (Å²) in [6.45, 7) is 6.21. The van der Waals surface area contributed by atoms with Crippen LogP contribution in [-0.2, 0) is 15.9 Å². The number of aliphatic imine (C=N–C) groups is 1. The van der Waals surface area contributed by atoms with Crippen molar-refractivity contribution in [1.82, 2.24) is 10.2 Å². The van der Waals surface area contributed by atoms with Crippen molar-refractivity contribution in [3.05, 3.63) is 35.4 Å². The van der Waals surface area contributed by atoms with Gasteiger partial charge in [-0.2, -0.15) is 0 Å². The molecule has 8 heteroatoms. The van der Waals surface area contributed by atoms with E-state index in [4.69, 9.17) is 9.47 Å². The van der Waals surface area contributed by atoms with Gasteiger partial charge >= 0.3 is 0 Å². The van der Waals surface area contributed by atoms with Crippen molar-refractivity contribution in [2.45, 2.75) is 38.4 Å². The summed E-state index contributed by atoms with van der Waals surface area (Å²) in [5, 5.41) is 3.30. The molecule has 0 saturated carbocycles. The fraction of sp³-hybridized carbons (Fsp3) is 0.632. The molecule has 27 heavy (non-hydrogen) atoms. The minimum absolute atomic E-state index is 0. The van der Waals surface area contributed by atoms with Gasteiger partial charge in [-0.3, -0.25) is 4.99 Å². The van der Waals surface area contributed by atoms with Gasteiger partial charge in [0.2, 0.25) is 0 Å². The van der Waals surface area contributed by atoms with E-state index in [-0.39, 0.29) is 36.2 Å². The maximum Gasteiger partial charge on any atom is 0.194 e. The first-order chi connectivity index (χ1) is 12.7. The van der Waals surface area contributed by atoms with Gasteiger partial charge in [0.05, 0.1) is 12.7 Å². The van der Waals surface area contributed by atoms with Gasteiger partial charge in [0.1, 0.15) is 17.7 Å². The summed E-state index contributed by atoms with van der Waals surface area (Å²) in [6, 6.07) is 3.59. The monoisotopic (exact) mass is 495 g/mol. The Morgan fingerprint density at radius 1 is 1.19 bits per heavy atom. The maximum atomic E-state index is 13.3. The Labute approximate surface area is 176 Å². The van der Waals surface area contributed by atoms with Crippen LogP contribution >= 0.6 is 24.0 Å². The molecule has 0 aliphatic carbocycles. The normalized spacial score (nSPS) is 23.2. The SMILES string of the molecule is CCNC(=NCCc1cc(F)cc(F)c1)N1CCOC(C2CCCO2)C1.I. The molecule has 2 aliphatic rings. The molecule has 3 rings (SSSR count). The van der Waals surface area contributed by atoms with E-state index in [9.17, 15) is 8.78 Å². The van der Waals surface area contributed by atoms with Gasteiger partial charge in [0.15, 0.2) is 5.96 Å². The van der Waals surface area contributed by atoms with Crippen molar-refractivity contribution >= 4 is 29.9 Å². The first-order valence-electron chi connectivity index (χ1n) is 9.37. The second-order valence-electron chi connectivity index (χ2n) is 6.67. The van der Waals surface area contributed by atoms with Crippen LogP contribution in [0.3, 0.4) is 0 Å². The lowest BCUT2D eigenvalue weighted by atomic mass is 10.1. The summed E-state index contributed by atoms with van der Waals surface area (Å²) in [7, 11) is 0. The van der Waals surface area contributed by atoms with Gasteiger partial charge in [-0.15, -0.1) is 24.0 Å². The molecule has 5 nitrogen and oxygen atoms in total. The number of nitrogens with zero attached hydrogens (tertiary/aromatic N) is 2. The molecule has 2 atom stereocenters. The Morgan fingerprint density at radius 2 is 1.93 bits per heavy atom. The lowest BCUT2D eigenvalue weighted by molar-refractivity contribution is -0.0817. The van der Waals surface area contributed by atoms with Gasteiger partial charge < -0.3 is 19.7 Å². The maximum absolute atomic E-state index is 13.3. The zero-order chi connectivity index (χ0) is 18.4. The van der Waals surface area contributed by atoms with Gasteiger partial charge in [-0.25, -0.2) is 8.78 Å². The van der Waals surface area contributed by atoms with Crippen LogP contribution in [0.25, 0.3) is 0 Å². The smallest absolute Gasteiger partial charge is 0.194 e. The molecule has 2 saturated heterocycles. The Balaban J connectivity index is 0.00000261. The van der Waals surface area contributed by atoms with Crippen LogP contribution in [0.15, 0.2) is 23.2 Å². The molecule has 1 N–H and O–H groups in total. The molecule has 0 spiro atoms. The first kappa shape index (κ1) is 22.3. The molecule has 0 amide bonds. The van der Waals surface area contributed by atoms with E-state index in [1.807, 2.05) is 6.92 Å². The van der Waals surface area contributed by atoms with Crippen LogP contribution in [0, 0.1) is 11.6 Å². The number of benzene rings is 1. The third-order valence-corrected chi connectivity index (χ3v) is 4.69. The van der Waals surface area contributed by atoms with Crippen molar-refractivity contribution in [3.63, 3.8) is 0 Å². The molecule has 0 aromatic heterocycles. The largest absolute Gasteiger partial charge is 0.375 e. The number of halogens is 3. The molecule has 2 fully saturated rings. The van der Waals surface area contributed by atoms with Crippen molar-refractivity contribution in [3.8, 4) is 0 Å². The third-order valence-electron chi connectivity index (χ3n) is 4.69. The number of guanidine groups is 1. The molecular weight excluding hydrogens is 467 g/mol. The van der Waals surface area contributed by atoms with E-state index in [1.54, 1.807) is 0 Å². The van der Waals surface area contributed by atoms with E-state index in [0.717, 1.165) is 51.1 Å². The van der Waals surface area contributed by atoms with Crippen molar-refractivity contribution < 1.29 is 18.3 Å². The number of hydrogen-bond acceptors (Lipinski definition) is 3. The number of morpholine rings is 1. The first-order valence-corrected chi connectivity index (χ1v) is 9.37. The molecule has 2 heterocycles. The summed E-state index contributed by atoms with van der Waals surface area (Å²) in [5.74, 6) is -0.289. The zero-order valence-corrected chi connectivity index (χ0v) is 18.0. The fourth-order valence-corrected chi connectivity index (χ4v) is 3.46. The highest BCUT2D eigenvalue weighted by atomic mass is 127. The standard InChI is InChI=1S/C19H27F2N3O2.HI/c1-2-22-19(23-6-5-14-10-15(20)12-16(21)11-14)24-7-9-26-18(13-24)17-4-3-8-25-17;/h10-12,17-18H,2-9,13H2,1H3,(H,22,23);1H. The Morgan fingerprint density at radius 3 is 2.59 bits per heavy atom. The van der Waals surface area contributed by atoms with Crippen molar-refractivity contribution in [1.29, 1.82) is 0 Å². The zero-order valence-electron chi connectivity index (χ0n) is 15.6. The van der Waals surface area contributed by atoms with Gasteiger partial charge in [-0.1, -0.05) is 0 Å². The Bertz CT molecular complexity index is 607. The Kier molecular flexibility index (Phi) is 9.17. The summed E-state index contributed by atoms with van der Waals surface area (Å²) >= 11 is 0. The highest BCUT2D eigenvalue weighted by Gasteiger charge is 2.32. The lowest BCUT2D eigenvalue weighted by Crippen LogP contribution is -2.53. The molecule has 1 aromatic rings. The minimum atomic E-state index is -0.552. The average Bonchev–Trinajstić information content (AvgIpc) is 3.15. The highest BCUT2D eigenvalue weighted by Crippen LogP contribution is 2.21. The van der Waals surface area contributed by atoms with E-state index >= 15 is 0 Å². The van der Waals surface area contributed by atoms with Gasteiger partial charge in [0.25, 0.3) is 0 Å². The second-order valence-corrected chi connectivity index (χ2v) is 6.67. The topological polar surface area (TPSA) is 46.1 Å². The van der Waals surface area contributed by atoms with Crippen molar-refractivity contribution in [2.75, 3.05) is 39.4 Å². The minimum Gasteiger partial charge on any atom is -0.375 e. The summed E-state index contributed by atoms with van der Waals surface area (Å²) in [6.07, 6.45) is 2.84. The average molecular weight is 495 g/mol. The molecular formula is C19H28F2IN3O2. The van der Waals surface area contributed by atoms with Crippen LogP contribution in [0.2, 0.25) is 0 Å². The molecule has 0 radical (unpaired) electrons. The highest BCUT2D eigenvalue weighted by molar-refractivity contribution is 14.0. The molecule has 2 unspecified atom stereocenters. The van der Waals surface area contributed by atoms with E-state index in [0.29, 0.717) is 25.1 Å². The van der Waals surface area contributed by atoms with E-state index in [1.165, 1.54) is 12.1 Å². The number of rotatable bonds is 5. The van der Waals surface area contributed by atoms with Gasteiger partial charge in [0, 0.05) is 38.9 Å².